The first kappa shape index (κ1) is 16.5. The van der Waals surface area contributed by atoms with Crippen molar-refractivity contribution >= 4 is 11.4 Å². The Labute approximate surface area is 134 Å². The summed E-state index contributed by atoms with van der Waals surface area (Å²) in [5, 5.41) is 27.3. The Morgan fingerprint density at radius 1 is 1.52 bits per heavy atom. The number of nitro benzene ring substituents is 1. The number of nitro groups is 1. The highest BCUT2D eigenvalue weighted by molar-refractivity contribution is 5.58. The molecule has 1 N–H and O–H groups in total. The van der Waals surface area contributed by atoms with Crippen molar-refractivity contribution in [2.75, 3.05) is 26.0 Å². The number of hydrogen-bond acceptors (Lipinski definition) is 6. The maximum Gasteiger partial charge on any atom is 0.287 e. The number of anilines is 1. The summed E-state index contributed by atoms with van der Waals surface area (Å²) in [6.45, 7) is 0.585. The Balaban J connectivity index is 2.15. The van der Waals surface area contributed by atoms with E-state index in [1.165, 1.54) is 12.1 Å². The van der Waals surface area contributed by atoms with Crippen molar-refractivity contribution in [3.05, 3.63) is 51.8 Å². The molecule has 120 valence electrons. The Morgan fingerprint density at radius 3 is 2.78 bits per heavy atom. The van der Waals surface area contributed by atoms with Crippen LogP contribution in [-0.4, -0.2) is 40.2 Å². The van der Waals surface area contributed by atoms with Gasteiger partial charge in [0.25, 0.3) is 5.69 Å². The minimum Gasteiger partial charge on any atom is -0.383 e. The summed E-state index contributed by atoms with van der Waals surface area (Å²) in [4.78, 5) is 12.4. The van der Waals surface area contributed by atoms with Gasteiger partial charge in [-0.15, -0.1) is 0 Å². The molecule has 1 aromatic heterocycles. The number of aryl methyl sites for hydroxylation is 1. The van der Waals surface area contributed by atoms with Gasteiger partial charge in [0.15, 0.2) is 0 Å². The fourth-order valence-corrected chi connectivity index (χ4v) is 2.32. The summed E-state index contributed by atoms with van der Waals surface area (Å²) in [6.07, 6.45) is 3.76. The Kier molecular flexibility index (Phi) is 4.93. The van der Waals surface area contributed by atoms with Crippen LogP contribution in [0.25, 0.3) is 0 Å². The van der Waals surface area contributed by atoms with Crippen LogP contribution in [0.1, 0.15) is 17.2 Å². The van der Waals surface area contributed by atoms with Gasteiger partial charge in [0.05, 0.1) is 17.2 Å². The number of nitrogens with one attached hydrogen (secondary N) is 1. The monoisotopic (exact) mass is 314 g/mol. The predicted octanol–water partition coefficient (Wildman–Crippen LogP) is 1.91. The molecule has 0 fully saturated rings. The number of nitrogens with zero attached hydrogens (tertiary/aromatic N) is 5. The molecule has 0 saturated heterocycles. The van der Waals surface area contributed by atoms with Crippen LogP contribution in [-0.2, 0) is 7.05 Å². The summed E-state index contributed by atoms with van der Waals surface area (Å²) >= 11 is 0. The van der Waals surface area contributed by atoms with E-state index in [1.807, 2.05) is 39.6 Å². The summed E-state index contributed by atoms with van der Waals surface area (Å²) in [6, 6.07) is 6.39. The van der Waals surface area contributed by atoms with Crippen LogP contribution in [0.5, 0.6) is 0 Å². The highest BCUT2D eigenvalue weighted by Gasteiger charge is 2.17. The minimum absolute atomic E-state index is 0.0442. The Bertz CT molecular complexity index is 747. The molecule has 8 nitrogen and oxygen atoms in total. The van der Waals surface area contributed by atoms with Crippen LogP contribution in [0.4, 0.5) is 11.4 Å². The summed E-state index contributed by atoms with van der Waals surface area (Å²) in [5.74, 6) is 0. The second-order valence-corrected chi connectivity index (χ2v) is 5.41. The van der Waals surface area contributed by atoms with Gasteiger partial charge in [0, 0.05) is 37.1 Å². The van der Waals surface area contributed by atoms with Crippen molar-refractivity contribution in [1.29, 1.82) is 5.26 Å². The van der Waals surface area contributed by atoms with Gasteiger partial charge in [-0.3, -0.25) is 14.8 Å². The topological polar surface area (TPSA) is 100 Å². The van der Waals surface area contributed by atoms with Gasteiger partial charge < -0.3 is 10.2 Å². The van der Waals surface area contributed by atoms with Crippen molar-refractivity contribution in [2.45, 2.75) is 6.04 Å². The van der Waals surface area contributed by atoms with Crippen LogP contribution < -0.4 is 5.32 Å². The molecule has 2 rings (SSSR count). The zero-order chi connectivity index (χ0) is 17.0. The molecule has 0 aliphatic heterocycles. The van der Waals surface area contributed by atoms with E-state index in [0.717, 1.165) is 5.56 Å². The van der Waals surface area contributed by atoms with Gasteiger partial charge in [0.2, 0.25) is 0 Å². The van der Waals surface area contributed by atoms with Crippen molar-refractivity contribution < 1.29 is 4.92 Å². The SMILES string of the molecule is CN(C)C(CNc1ccc([N+](=O)[O-])c(C#N)c1)c1cnn(C)c1. The summed E-state index contributed by atoms with van der Waals surface area (Å²) in [5.41, 5.74) is 1.59. The van der Waals surface area contributed by atoms with E-state index < -0.39 is 4.92 Å². The first-order valence-electron chi connectivity index (χ1n) is 6.99. The first-order chi connectivity index (χ1) is 10.9. The smallest absolute Gasteiger partial charge is 0.287 e. The molecule has 0 aliphatic carbocycles. The second kappa shape index (κ2) is 6.89. The average Bonchev–Trinajstić information content (AvgIpc) is 2.92. The summed E-state index contributed by atoms with van der Waals surface area (Å²) < 4.78 is 1.74. The van der Waals surface area contributed by atoms with Gasteiger partial charge in [0.1, 0.15) is 11.6 Å². The molecule has 0 amide bonds. The number of nitriles is 1. The fraction of sp³-hybridized carbons (Fsp3) is 0.333. The zero-order valence-corrected chi connectivity index (χ0v) is 13.2. The molecule has 1 atom stereocenters. The van der Waals surface area contributed by atoms with E-state index in [2.05, 4.69) is 15.3 Å². The molecular weight excluding hydrogens is 296 g/mol. The van der Waals surface area contributed by atoms with Gasteiger partial charge >= 0.3 is 0 Å². The molecule has 23 heavy (non-hydrogen) atoms. The molecule has 1 heterocycles. The van der Waals surface area contributed by atoms with E-state index in [0.29, 0.717) is 12.2 Å². The molecule has 0 radical (unpaired) electrons. The number of benzene rings is 1. The van der Waals surface area contributed by atoms with E-state index in [1.54, 1.807) is 10.7 Å². The largest absolute Gasteiger partial charge is 0.383 e. The lowest BCUT2D eigenvalue weighted by atomic mass is 10.1. The normalized spacial score (nSPS) is 12.0. The lowest BCUT2D eigenvalue weighted by Crippen LogP contribution is -2.26. The maximum absolute atomic E-state index is 10.9. The lowest BCUT2D eigenvalue weighted by molar-refractivity contribution is -0.385. The number of likely N-dealkylation sites (N-methyl/N-ethyl adjacent to an activating group) is 1. The van der Waals surface area contributed by atoms with Crippen molar-refractivity contribution in [2.24, 2.45) is 7.05 Å². The van der Waals surface area contributed by atoms with E-state index in [-0.39, 0.29) is 17.3 Å². The Morgan fingerprint density at radius 2 is 2.26 bits per heavy atom. The van der Waals surface area contributed by atoms with E-state index in [4.69, 9.17) is 5.26 Å². The summed E-state index contributed by atoms with van der Waals surface area (Å²) in [7, 11) is 5.80. The molecule has 0 saturated carbocycles. The van der Waals surface area contributed by atoms with Gasteiger partial charge in [-0.1, -0.05) is 0 Å². The minimum atomic E-state index is -0.555. The van der Waals surface area contributed by atoms with Crippen molar-refractivity contribution in [3.8, 4) is 6.07 Å². The van der Waals surface area contributed by atoms with Gasteiger partial charge in [-0.25, -0.2) is 0 Å². The van der Waals surface area contributed by atoms with E-state index >= 15 is 0 Å². The molecule has 1 aromatic carbocycles. The third-order valence-electron chi connectivity index (χ3n) is 3.55. The van der Waals surface area contributed by atoms with Crippen LogP contribution in [0.15, 0.2) is 30.6 Å². The quantitative estimate of drug-likeness (QED) is 0.646. The van der Waals surface area contributed by atoms with Gasteiger partial charge in [-0.2, -0.15) is 10.4 Å². The van der Waals surface area contributed by atoms with Crippen LogP contribution in [0, 0.1) is 21.4 Å². The van der Waals surface area contributed by atoms with E-state index in [9.17, 15) is 10.1 Å². The van der Waals surface area contributed by atoms with Crippen molar-refractivity contribution in [3.63, 3.8) is 0 Å². The third-order valence-corrected chi connectivity index (χ3v) is 3.55. The Hall–Kier alpha value is -2.92. The molecule has 0 bridgehead atoms. The van der Waals surface area contributed by atoms with Gasteiger partial charge in [-0.05, 0) is 26.2 Å². The van der Waals surface area contributed by atoms with Crippen LogP contribution >= 0.6 is 0 Å². The molecule has 0 spiro atoms. The molecule has 2 aromatic rings. The van der Waals surface area contributed by atoms with Crippen molar-refractivity contribution in [1.82, 2.24) is 14.7 Å². The fourth-order valence-electron chi connectivity index (χ4n) is 2.32. The first-order valence-corrected chi connectivity index (χ1v) is 6.99. The standard InChI is InChI=1S/C15H18N6O2/c1-19(2)15(12-8-18-20(3)10-12)9-17-13-4-5-14(21(22)23)11(6-13)7-16/h4-6,8,10,15,17H,9H2,1-3H3. The molecule has 0 aliphatic rings. The number of aromatic nitrogens is 2. The van der Waals surface area contributed by atoms with Crippen LogP contribution in [0.2, 0.25) is 0 Å². The third kappa shape index (κ3) is 3.84. The maximum atomic E-state index is 10.9. The molecule has 8 heteroatoms. The number of rotatable bonds is 6. The predicted molar refractivity (Wildman–Crippen MR) is 85.9 cm³/mol. The highest BCUT2D eigenvalue weighted by atomic mass is 16.6. The average molecular weight is 314 g/mol. The van der Waals surface area contributed by atoms with Crippen LogP contribution in [0.3, 0.4) is 0 Å². The molecular formula is C15H18N6O2. The molecule has 1 unspecified atom stereocenters. The number of hydrogen-bond donors (Lipinski definition) is 1. The second-order valence-electron chi connectivity index (χ2n) is 5.41. The zero-order valence-electron chi connectivity index (χ0n) is 13.2. The highest BCUT2D eigenvalue weighted by Crippen LogP contribution is 2.23. The lowest BCUT2D eigenvalue weighted by Gasteiger charge is -2.24.